The number of hydrogen-bond donors (Lipinski definition) is 0. The zero-order chi connectivity index (χ0) is 19.5. The lowest BCUT2D eigenvalue weighted by Crippen LogP contribution is -2.27. The average molecular weight is 377 g/mol. The normalized spacial score (nSPS) is 13.4. The molecule has 28 heavy (non-hydrogen) atoms. The molecule has 144 valence electrons. The Morgan fingerprint density at radius 2 is 1.93 bits per heavy atom. The van der Waals surface area contributed by atoms with Gasteiger partial charge in [-0.15, -0.1) is 0 Å². The largest absolute Gasteiger partial charge is 0.454 e. The van der Waals surface area contributed by atoms with Gasteiger partial charge >= 0.3 is 0 Å². The monoisotopic (exact) mass is 377 g/mol. The van der Waals surface area contributed by atoms with Crippen molar-refractivity contribution >= 4 is 5.91 Å². The van der Waals surface area contributed by atoms with Gasteiger partial charge in [-0.05, 0) is 23.3 Å². The molecule has 0 radical (unpaired) electrons. The maximum Gasteiger partial charge on any atom is 0.231 e. The van der Waals surface area contributed by atoms with E-state index in [4.69, 9.17) is 9.47 Å². The van der Waals surface area contributed by atoms with E-state index in [9.17, 15) is 4.79 Å². The van der Waals surface area contributed by atoms with Crippen molar-refractivity contribution in [3.63, 3.8) is 0 Å². The number of carbonyl (C=O) groups is 1. The molecule has 1 aromatic heterocycles. The molecule has 1 aliphatic rings. The van der Waals surface area contributed by atoms with Gasteiger partial charge in [0.1, 0.15) is 0 Å². The third-order valence-electron chi connectivity index (χ3n) is 4.98. The Bertz CT molecular complexity index is 968. The average Bonchev–Trinajstić information content (AvgIpc) is 3.34. The van der Waals surface area contributed by atoms with Crippen LogP contribution in [0.1, 0.15) is 29.0 Å². The SMILES string of the molecule is CN(Cc1cnn(C)c1)C(=O)C[C@@H](c1ccccc1)c1ccc2c(c1)OCO2. The van der Waals surface area contributed by atoms with Gasteiger partial charge in [-0.2, -0.15) is 5.10 Å². The molecule has 1 aliphatic heterocycles. The lowest BCUT2D eigenvalue weighted by molar-refractivity contribution is -0.130. The van der Waals surface area contributed by atoms with Gasteiger partial charge < -0.3 is 14.4 Å². The molecule has 2 heterocycles. The smallest absolute Gasteiger partial charge is 0.231 e. The summed E-state index contributed by atoms with van der Waals surface area (Å²) in [6, 6.07) is 16.0. The number of aromatic nitrogens is 2. The first-order chi connectivity index (χ1) is 13.6. The van der Waals surface area contributed by atoms with Gasteiger partial charge in [0.15, 0.2) is 11.5 Å². The molecule has 0 bridgehead atoms. The summed E-state index contributed by atoms with van der Waals surface area (Å²) in [4.78, 5) is 14.7. The number of ether oxygens (including phenoxy) is 2. The molecule has 0 unspecified atom stereocenters. The number of rotatable bonds is 6. The van der Waals surface area contributed by atoms with Crippen LogP contribution in [-0.4, -0.2) is 34.4 Å². The van der Waals surface area contributed by atoms with Crippen molar-refractivity contribution in [3.8, 4) is 11.5 Å². The summed E-state index contributed by atoms with van der Waals surface area (Å²) < 4.78 is 12.7. The third kappa shape index (κ3) is 3.86. The van der Waals surface area contributed by atoms with E-state index < -0.39 is 0 Å². The van der Waals surface area contributed by atoms with Crippen molar-refractivity contribution < 1.29 is 14.3 Å². The molecule has 0 saturated heterocycles. The molecule has 3 aromatic rings. The Morgan fingerprint density at radius 3 is 2.68 bits per heavy atom. The van der Waals surface area contributed by atoms with Crippen LogP contribution in [0, 0.1) is 0 Å². The zero-order valence-corrected chi connectivity index (χ0v) is 16.0. The van der Waals surface area contributed by atoms with Crippen molar-refractivity contribution in [1.29, 1.82) is 0 Å². The van der Waals surface area contributed by atoms with Crippen molar-refractivity contribution in [2.45, 2.75) is 18.9 Å². The van der Waals surface area contributed by atoms with Crippen LogP contribution in [-0.2, 0) is 18.4 Å². The Hall–Kier alpha value is -3.28. The van der Waals surface area contributed by atoms with E-state index in [1.807, 2.05) is 56.7 Å². The molecule has 2 aromatic carbocycles. The number of benzene rings is 2. The fraction of sp³-hybridized carbons (Fsp3) is 0.273. The Morgan fingerprint density at radius 1 is 1.14 bits per heavy atom. The summed E-state index contributed by atoms with van der Waals surface area (Å²) in [5.41, 5.74) is 3.15. The van der Waals surface area contributed by atoms with Gasteiger partial charge in [-0.25, -0.2) is 0 Å². The molecule has 1 atom stereocenters. The van der Waals surface area contributed by atoms with E-state index in [-0.39, 0.29) is 18.6 Å². The quantitative estimate of drug-likeness (QED) is 0.661. The highest BCUT2D eigenvalue weighted by Gasteiger charge is 2.23. The number of amides is 1. The predicted molar refractivity (Wildman–Crippen MR) is 105 cm³/mol. The Balaban J connectivity index is 1.56. The first-order valence-corrected chi connectivity index (χ1v) is 9.26. The molecule has 0 saturated carbocycles. The first-order valence-electron chi connectivity index (χ1n) is 9.26. The molecule has 6 heteroatoms. The van der Waals surface area contributed by atoms with Crippen molar-refractivity contribution in [1.82, 2.24) is 14.7 Å². The van der Waals surface area contributed by atoms with E-state index >= 15 is 0 Å². The molecule has 0 fully saturated rings. The molecule has 4 rings (SSSR count). The van der Waals surface area contributed by atoms with Gasteiger partial charge in [0.05, 0.1) is 6.20 Å². The topological polar surface area (TPSA) is 56.6 Å². The summed E-state index contributed by atoms with van der Waals surface area (Å²) in [5.74, 6) is 1.50. The van der Waals surface area contributed by atoms with E-state index in [2.05, 4.69) is 17.2 Å². The van der Waals surface area contributed by atoms with Gasteiger partial charge in [0, 0.05) is 44.7 Å². The molecule has 0 spiro atoms. The zero-order valence-electron chi connectivity index (χ0n) is 16.0. The second kappa shape index (κ2) is 7.76. The summed E-state index contributed by atoms with van der Waals surface area (Å²) in [6.45, 7) is 0.775. The van der Waals surface area contributed by atoms with E-state index in [0.29, 0.717) is 13.0 Å². The molecule has 0 aliphatic carbocycles. The van der Waals surface area contributed by atoms with E-state index in [0.717, 1.165) is 28.2 Å². The highest BCUT2D eigenvalue weighted by molar-refractivity contribution is 5.77. The second-order valence-corrected chi connectivity index (χ2v) is 7.05. The number of fused-ring (bicyclic) bond motifs is 1. The lowest BCUT2D eigenvalue weighted by Gasteiger charge is -2.22. The number of hydrogen-bond acceptors (Lipinski definition) is 4. The van der Waals surface area contributed by atoms with Crippen LogP contribution in [0.15, 0.2) is 60.9 Å². The maximum atomic E-state index is 13.0. The van der Waals surface area contributed by atoms with Gasteiger partial charge in [0.2, 0.25) is 12.7 Å². The number of nitrogens with zero attached hydrogens (tertiary/aromatic N) is 3. The van der Waals surface area contributed by atoms with Crippen LogP contribution in [0.2, 0.25) is 0 Å². The summed E-state index contributed by atoms with van der Waals surface area (Å²) >= 11 is 0. The highest BCUT2D eigenvalue weighted by Crippen LogP contribution is 2.37. The molecule has 1 amide bonds. The van der Waals surface area contributed by atoms with Crippen molar-refractivity contribution in [2.75, 3.05) is 13.8 Å². The summed E-state index contributed by atoms with van der Waals surface area (Å²) in [6.07, 6.45) is 4.09. The highest BCUT2D eigenvalue weighted by atomic mass is 16.7. The fourth-order valence-corrected chi connectivity index (χ4v) is 3.49. The predicted octanol–water partition coefficient (Wildman–Crippen LogP) is 3.33. The number of carbonyl (C=O) groups excluding carboxylic acids is 1. The van der Waals surface area contributed by atoms with Crippen molar-refractivity contribution in [2.24, 2.45) is 7.05 Å². The second-order valence-electron chi connectivity index (χ2n) is 7.05. The Labute approximate surface area is 164 Å². The molecular weight excluding hydrogens is 354 g/mol. The van der Waals surface area contributed by atoms with Crippen LogP contribution < -0.4 is 9.47 Å². The minimum atomic E-state index is -0.0560. The van der Waals surface area contributed by atoms with E-state index in [1.54, 1.807) is 15.8 Å². The van der Waals surface area contributed by atoms with Crippen LogP contribution in [0.3, 0.4) is 0 Å². The van der Waals surface area contributed by atoms with Crippen molar-refractivity contribution in [3.05, 3.63) is 77.6 Å². The standard InChI is InChI=1S/C22H23N3O3/c1-24(13-16-12-23-25(2)14-16)22(26)11-19(17-6-4-3-5-7-17)18-8-9-20-21(10-18)28-15-27-20/h3-10,12,14,19H,11,13,15H2,1-2H3/t19-/m0/s1. The van der Waals surface area contributed by atoms with Gasteiger partial charge in [-0.1, -0.05) is 36.4 Å². The van der Waals surface area contributed by atoms with Crippen LogP contribution >= 0.6 is 0 Å². The summed E-state index contributed by atoms with van der Waals surface area (Å²) in [7, 11) is 3.70. The first kappa shape index (κ1) is 18.1. The Kier molecular flexibility index (Phi) is 5.02. The molecular formula is C22H23N3O3. The fourth-order valence-electron chi connectivity index (χ4n) is 3.49. The number of aryl methyl sites for hydroxylation is 1. The minimum absolute atomic E-state index is 0.0560. The van der Waals surface area contributed by atoms with Gasteiger partial charge in [-0.3, -0.25) is 9.48 Å². The van der Waals surface area contributed by atoms with Crippen LogP contribution in [0.4, 0.5) is 0 Å². The third-order valence-corrected chi connectivity index (χ3v) is 4.98. The summed E-state index contributed by atoms with van der Waals surface area (Å²) in [5, 5.41) is 4.17. The van der Waals surface area contributed by atoms with Crippen LogP contribution in [0.5, 0.6) is 11.5 Å². The van der Waals surface area contributed by atoms with Gasteiger partial charge in [0.25, 0.3) is 0 Å². The molecule has 0 N–H and O–H groups in total. The minimum Gasteiger partial charge on any atom is -0.454 e. The van der Waals surface area contributed by atoms with Crippen LogP contribution in [0.25, 0.3) is 0 Å². The van der Waals surface area contributed by atoms with E-state index in [1.165, 1.54) is 0 Å². The molecule has 6 nitrogen and oxygen atoms in total. The maximum absolute atomic E-state index is 13.0. The lowest BCUT2D eigenvalue weighted by atomic mass is 9.88.